The fraction of sp³-hybridized carbons (Fsp3) is 0.667. The van der Waals surface area contributed by atoms with Crippen molar-refractivity contribution < 1.29 is 5.11 Å². The van der Waals surface area contributed by atoms with Gasteiger partial charge in [0.15, 0.2) is 0 Å². The Kier molecular flexibility index (Phi) is 3.45. The van der Waals surface area contributed by atoms with E-state index in [-0.39, 0.29) is 12.1 Å². The Morgan fingerprint density at radius 1 is 1.62 bits per heavy atom. The van der Waals surface area contributed by atoms with E-state index in [1.807, 2.05) is 24.7 Å². The highest BCUT2D eigenvalue weighted by atomic mass is 16.3. The van der Waals surface area contributed by atoms with Crippen LogP contribution in [0.15, 0.2) is 12.3 Å². The Morgan fingerprint density at radius 3 is 2.77 bits per heavy atom. The lowest BCUT2D eigenvalue weighted by Crippen LogP contribution is -2.35. The summed E-state index contributed by atoms with van der Waals surface area (Å²) in [6.45, 7) is 4.48. The topological polar surface area (TPSA) is 50.1 Å². The number of aliphatic hydroxyl groups excluding tert-OH is 1. The smallest absolute Gasteiger partial charge is 0.0662 e. The molecule has 0 aliphatic heterocycles. The number of aliphatic hydroxyl groups is 1. The molecule has 0 saturated carbocycles. The predicted molar refractivity (Wildman–Crippen MR) is 51.2 cm³/mol. The van der Waals surface area contributed by atoms with Crippen molar-refractivity contribution in [3.8, 4) is 0 Å². The van der Waals surface area contributed by atoms with Crippen molar-refractivity contribution in [1.29, 1.82) is 0 Å². The third-order valence-electron chi connectivity index (χ3n) is 2.25. The second-order valence-electron chi connectivity index (χ2n) is 3.36. The van der Waals surface area contributed by atoms with Crippen LogP contribution in [-0.2, 0) is 13.6 Å². The van der Waals surface area contributed by atoms with Gasteiger partial charge in [0, 0.05) is 25.8 Å². The van der Waals surface area contributed by atoms with Gasteiger partial charge in [-0.25, -0.2) is 0 Å². The van der Waals surface area contributed by atoms with Gasteiger partial charge in [-0.1, -0.05) is 0 Å². The number of aryl methyl sites for hydroxylation is 1. The van der Waals surface area contributed by atoms with E-state index >= 15 is 0 Å². The zero-order valence-electron chi connectivity index (χ0n) is 8.36. The summed E-state index contributed by atoms with van der Waals surface area (Å²) in [5, 5.41) is 16.5. The van der Waals surface area contributed by atoms with Gasteiger partial charge in [0.05, 0.1) is 11.8 Å². The van der Waals surface area contributed by atoms with E-state index in [9.17, 15) is 5.11 Å². The van der Waals surface area contributed by atoms with Gasteiger partial charge in [0.1, 0.15) is 0 Å². The summed E-state index contributed by atoms with van der Waals surface area (Å²) < 4.78 is 1.82. The van der Waals surface area contributed by atoms with Gasteiger partial charge in [0.25, 0.3) is 0 Å². The number of hydrogen-bond acceptors (Lipinski definition) is 3. The summed E-state index contributed by atoms with van der Waals surface area (Å²) in [5.74, 6) is 0. The van der Waals surface area contributed by atoms with E-state index < -0.39 is 0 Å². The summed E-state index contributed by atoms with van der Waals surface area (Å²) in [6.07, 6.45) is 1.44. The first-order chi connectivity index (χ1) is 6.11. The minimum Gasteiger partial charge on any atom is -0.392 e. The van der Waals surface area contributed by atoms with Crippen LogP contribution in [0.25, 0.3) is 0 Å². The van der Waals surface area contributed by atoms with Crippen LogP contribution in [0.3, 0.4) is 0 Å². The second-order valence-corrected chi connectivity index (χ2v) is 3.36. The fourth-order valence-electron chi connectivity index (χ4n) is 1.01. The zero-order valence-corrected chi connectivity index (χ0v) is 8.36. The molecule has 0 radical (unpaired) electrons. The van der Waals surface area contributed by atoms with Crippen molar-refractivity contribution in [2.75, 3.05) is 0 Å². The molecular formula is C9H17N3O. The average Bonchev–Trinajstić information content (AvgIpc) is 2.47. The van der Waals surface area contributed by atoms with Crippen molar-refractivity contribution in [2.45, 2.75) is 32.5 Å². The predicted octanol–water partition coefficient (Wildman–Crippen LogP) is 0.279. The SMILES string of the molecule is CC(O)C(C)NCc1ccnn1C. The largest absolute Gasteiger partial charge is 0.392 e. The van der Waals surface area contributed by atoms with Gasteiger partial charge in [0.2, 0.25) is 0 Å². The van der Waals surface area contributed by atoms with Crippen LogP contribution >= 0.6 is 0 Å². The molecule has 0 fully saturated rings. The number of rotatable bonds is 4. The molecule has 1 aromatic heterocycles. The van der Waals surface area contributed by atoms with Gasteiger partial charge in [-0.2, -0.15) is 5.10 Å². The summed E-state index contributed by atoms with van der Waals surface area (Å²) in [7, 11) is 1.91. The van der Waals surface area contributed by atoms with Crippen molar-refractivity contribution >= 4 is 0 Å². The number of hydrogen-bond donors (Lipinski definition) is 2. The third-order valence-corrected chi connectivity index (χ3v) is 2.25. The van der Waals surface area contributed by atoms with E-state index in [4.69, 9.17) is 0 Å². The Bertz CT molecular complexity index is 257. The van der Waals surface area contributed by atoms with Crippen LogP contribution in [0.1, 0.15) is 19.5 Å². The van der Waals surface area contributed by atoms with Crippen LogP contribution in [0, 0.1) is 0 Å². The normalized spacial score (nSPS) is 15.7. The molecular weight excluding hydrogens is 166 g/mol. The Hall–Kier alpha value is -0.870. The summed E-state index contributed by atoms with van der Waals surface area (Å²) >= 11 is 0. The van der Waals surface area contributed by atoms with Gasteiger partial charge in [-0.3, -0.25) is 4.68 Å². The number of nitrogens with zero attached hydrogens (tertiary/aromatic N) is 2. The van der Waals surface area contributed by atoms with Crippen molar-refractivity contribution in [1.82, 2.24) is 15.1 Å². The van der Waals surface area contributed by atoms with Gasteiger partial charge in [-0.05, 0) is 19.9 Å². The maximum atomic E-state index is 9.23. The molecule has 13 heavy (non-hydrogen) atoms. The molecule has 0 saturated heterocycles. The first-order valence-electron chi connectivity index (χ1n) is 4.49. The highest BCUT2D eigenvalue weighted by molar-refractivity contribution is 4.99. The molecule has 1 aromatic rings. The summed E-state index contributed by atoms with van der Waals surface area (Å²) in [6, 6.07) is 2.07. The van der Waals surface area contributed by atoms with Crippen molar-refractivity contribution in [3.05, 3.63) is 18.0 Å². The number of aromatic nitrogens is 2. The third kappa shape index (κ3) is 2.82. The van der Waals surface area contributed by atoms with E-state index in [1.54, 1.807) is 13.1 Å². The summed E-state index contributed by atoms with van der Waals surface area (Å²) in [5.41, 5.74) is 1.12. The minimum absolute atomic E-state index is 0.106. The lowest BCUT2D eigenvalue weighted by Gasteiger charge is -2.16. The average molecular weight is 183 g/mol. The monoisotopic (exact) mass is 183 g/mol. The van der Waals surface area contributed by atoms with Gasteiger partial charge < -0.3 is 10.4 Å². The Morgan fingerprint density at radius 2 is 2.31 bits per heavy atom. The maximum absolute atomic E-state index is 9.23. The fourth-order valence-corrected chi connectivity index (χ4v) is 1.01. The molecule has 1 heterocycles. The molecule has 4 nitrogen and oxygen atoms in total. The highest BCUT2D eigenvalue weighted by Gasteiger charge is 2.08. The van der Waals surface area contributed by atoms with E-state index in [2.05, 4.69) is 10.4 Å². The molecule has 0 aliphatic carbocycles. The van der Waals surface area contributed by atoms with Crippen LogP contribution < -0.4 is 5.32 Å². The van der Waals surface area contributed by atoms with Crippen LogP contribution in [0.4, 0.5) is 0 Å². The van der Waals surface area contributed by atoms with Gasteiger partial charge >= 0.3 is 0 Å². The molecule has 2 unspecified atom stereocenters. The van der Waals surface area contributed by atoms with E-state index in [0.29, 0.717) is 0 Å². The molecule has 74 valence electrons. The molecule has 0 spiro atoms. The quantitative estimate of drug-likeness (QED) is 0.705. The Balaban J connectivity index is 2.39. The molecule has 2 atom stereocenters. The lowest BCUT2D eigenvalue weighted by atomic mass is 10.2. The molecule has 2 N–H and O–H groups in total. The first-order valence-corrected chi connectivity index (χ1v) is 4.49. The van der Waals surface area contributed by atoms with Crippen molar-refractivity contribution in [3.63, 3.8) is 0 Å². The molecule has 0 aliphatic rings. The lowest BCUT2D eigenvalue weighted by molar-refractivity contribution is 0.151. The van der Waals surface area contributed by atoms with E-state index in [0.717, 1.165) is 12.2 Å². The first kappa shape index (κ1) is 10.2. The highest BCUT2D eigenvalue weighted by Crippen LogP contribution is 1.97. The Labute approximate surface area is 78.6 Å². The summed E-state index contributed by atoms with van der Waals surface area (Å²) in [4.78, 5) is 0. The zero-order chi connectivity index (χ0) is 9.84. The number of nitrogens with one attached hydrogen (secondary N) is 1. The molecule has 4 heteroatoms. The molecule has 1 rings (SSSR count). The van der Waals surface area contributed by atoms with Crippen LogP contribution in [0.2, 0.25) is 0 Å². The van der Waals surface area contributed by atoms with Crippen LogP contribution in [-0.4, -0.2) is 27.0 Å². The van der Waals surface area contributed by atoms with Gasteiger partial charge in [-0.15, -0.1) is 0 Å². The van der Waals surface area contributed by atoms with Crippen LogP contribution in [0.5, 0.6) is 0 Å². The molecule has 0 aromatic carbocycles. The molecule has 0 amide bonds. The second kappa shape index (κ2) is 4.39. The molecule has 0 bridgehead atoms. The van der Waals surface area contributed by atoms with Crippen molar-refractivity contribution in [2.24, 2.45) is 7.05 Å². The maximum Gasteiger partial charge on any atom is 0.0662 e. The standard InChI is InChI=1S/C9H17N3O/c1-7(8(2)13)10-6-9-4-5-11-12(9)3/h4-5,7-8,10,13H,6H2,1-3H3. The van der Waals surface area contributed by atoms with E-state index in [1.165, 1.54) is 0 Å². The minimum atomic E-state index is -0.326.